The molecule has 2 aromatic heterocycles. The maximum absolute atomic E-state index is 13.2. The molecule has 0 radical (unpaired) electrons. The highest BCUT2D eigenvalue weighted by Crippen LogP contribution is 2.12. The molecular weight excluding hydrogens is 319 g/mol. The summed E-state index contributed by atoms with van der Waals surface area (Å²) >= 11 is 0. The van der Waals surface area contributed by atoms with E-state index in [4.69, 9.17) is 4.42 Å². The van der Waals surface area contributed by atoms with Crippen molar-refractivity contribution < 1.29 is 13.6 Å². The van der Waals surface area contributed by atoms with Crippen molar-refractivity contribution in [3.8, 4) is 0 Å². The highest BCUT2D eigenvalue weighted by molar-refractivity contribution is 5.91. The zero-order chi connectivity index (χ0) is 17.5. The van der Waals surface area contributed by atoms with Gasteiger partial charge < -0.3 is 9.32 Å². The summed E-state index contributed by atoms with van der Waals surface area (Å²) in [7, 11) is 0. The normalized spacial score (nSPS) is 10.9. The molecule has 1 aromatic carbocycles. The minimum Gasteiger partial charge on any atom is -0.467 e. The van der Waals surface area contributed by atoms with Crippen LogP contribution in [0.2, 0.25) is 0 Å². The third-order valence-electron chi connectivity index (χ3n) is 3.60. The predicted octanol–water partition coefficient (Wildman–Crippen LogP) is 4.06. The van der Waals surface area contributed by atoms with Crippen LogP contribution in [0.1, 0.15) is 16.9 Å². The van der Waals surface area contributed by atoms with E-state index in [9.17, 15) is 9.18 Å². The molecule has 0 saturated carbocycles. The molecule has 0 spiro atoms. The molecule has 3 rings (SSSR count). The molecule has 0 bridgehead atoms. The summed E-state index contributed by atoms with van der Waals surface area (Å²) in [6.07, 6.45) is 8.02. The Balaban J connectivity index is 1.76. The lowest BCUT2D eigenvalue weighted by Gasteiger charge is -2.20. The highest BCUT2D eigenvalue weighted by atomic mass is 19.1. The maximum Gasteiger partial charge on any atom is 0.247 e. The van der Waals surface area contributed by atoms with E-state index in [0.29, 0.717) is 24.4 Å². The molecule has 126 valence electrons. The number of benzene rings is 1. The number of carbonyl (C=O) groups excluding carboxylic acids is 1. The van der Waals surface area contributed by atoms with Gasteiger partial charge in [0, 0.05) is 25.0 Å². The second-order valence-electron chi connectivity index (χ2n) is 5.52. The fourth-order valence-electron chi connectivity index (χ4n) is 2.40. The second kappa shape index (κ2) is 8.06. The number of halogens is 1. The Kier molecular flexibility index (Phi) is 5.36. The van der Waals surface area contributed by atoms with E-state index in [2.05, 4.69) is 4.98 Å². The van der Waals surface area contributed by atoms with Crippen molar-refractivity contribution in [2.24, 2.45) is 0 Å². The molecule has 0 fully saturated rings. The molecule has 0 unspecified atom stereocenters. The summed E-state index contributed by atoms with van der Waals surface area (Å²) < 4.78 is 18.6. The van der Waals surface area contributed by atoms with Gasteiger partial charge >= 0.3 is 0 Å². The predicted molar refractivity (Wildman–Crippen MR) is 92.6 cm³/mol. The van der Waals surface area contributed by atoms with E-state index in [1.807, 2.05) is 18.2 Å². The van der Waals surface area contributed by atoms with Gasteiger partial charge in [-0.1, -0.05) is 18.2 Å². The number of pyridine rings is 1. The number of nitrogens with zero attached hydrogens (tertiary/aromatic N) is 2. The van der Waals surface area contributed by atoms with Gasteiger partial charge in [0.15, 0.2) is 0 Å². The second-order valence-corrected chi connectivity index (χ2v) is 5.52. The first-order valence-electron chi connectivity index (χ1n) is 7.84. The first-order chi connectivity index (χ1) is 12.2. The van der Waals surface area contributed by atoms with Crippen LogP contribution in [-0.4, -0.2) is 15.8 Å². The van der Waals surface area contributed by atoms with Gasteiger partial charge in [-0.3, -0.25) is 9.78 Å². The molecule has 0 aliphatic rings. The third kappa shape index (κ3) is 4.88. The van der Waals surface area contributed by atoms with Crippen molar-refractivity contribution >= 4 is 12.0 Å². The van der Waals surface area contributed by atoms with Crippen molar-refractivity contribution in [1.82, 2.24) is 9.88 Å². The van der Waals surface area contributed by atoms with Crippen LogP contribution >= 0.6 is 0 Å². The van der Waals surface area contributed by atoms with Gasteiger partial charge in [0.05, 0.1) is 12.8 Å². The third-order valence-corrected chi connectivity index (χ3v) is 3.60. The van der Waals surface area contributed by atoms with Crippen LogP contribution in [0.15, 0.2) is 77.7 Å². The summed E-state index contributed by atoms with van der Waals surface area (Å²) in [4.78, 5) is 18.3. The Morgan fingerprint density at radius 2 is 2.08 bits per heavy atom. The molecule has 0 saturated heterocycles. The highest BCUT2D eigenvalue weighted by Gasteiger charge is 2.13. The largest absolute Gasteiger partial charge is 0.467 e. The molecule has 2 heterocycles. The summed E-state index contributed by atoms with van der Waals surface area (Å²) in [6.45, 7) is 0.745. The smallest absolute Gasteiger partial charge is 0.247 e. The molecule has 4 nitrogen and oxygen atoms in total. The average Bonchev–Trinajstić information content (AvgIpc) is 3.13. The summed E-state index contributed by atoms with van der Waals surface area (Å²) in [5, 5.41) is 0. The molecule has 0 aliphatic carbocycles. The fraction of sp³-hybridized carbons (Fsp3) is 0.100. The quantitative estimate of drug-likeness (QED) is 0.638. The SMILES string of the molecule is O=C(C=Cc1cccc(F)c1)N(Cc1cccnc1)Cc1ccco1. The maximum atomic E-state index is 13.2. The van der Waals surface area contributed by atoms with Gasteiger partial charge in [-0.05, 0) is 47.5 Å². The summed E-state index contributed by atoms with van der Waals surface area (Å²) in [6, 6.07) is 13.4. The number of rotatable bonds is 6. The summed E-state index contributed by atoms with van der Waals surface area (Å²) in [5.74, 6) is 0.165. The average molecular weight is 336 g/mol. The minimum atomic E-state index is -0.336. The molecule has 5 heteroatoms. The molecule has 25 heavy (non-hydrogen) atoms. The molecule has 0 N–H and O–H groups in total. The molecule has 0 atom stereocenters. The van der Waals surface area contributed by atoms with Crippen LogP contribution in [0.5, 0.6) is 0 Å². The Bertz CT molecular complexity index is 845. The van der Waals surface area contributed by atoms with E-state index in [1.165, 1.54) is 18.2 Å². The first kappa shape index (κ1) is 16.6. The van der Waals surface area contributed by atoms with Crippen molar-refractivity contribution in [1.29, 1.82) is 0 Å². The number of aromatic nitrogens is 1. The number of hydrogen-bond acceptors (Lipinski definition) is 3. The summed E-state index contributed by atoms with van der Waals surface area (Å²) in [5.41, 5.74) is 1.55. The molecule has 1 amide bonds. The van der Waals surface area contributed by atoms with Gasteiger partial charge in [-0.25, -0.2) is 4.39 Å². The number of furan rings is 1. The Morgan fingerprint density at radius 3 is 2.80 bits per heavy atom. The number of hydrogen-bond donors (Lipinski definition) is 0. The van der Waals surface area contributed by atoms with E-state index >= 15 is 0 Å². The lowest BCUT2D eigenvalue weighted by Crippen LogP contribution is -2.28. The van der Waals surface area contributed by atoms with Gasteiger partial charge in [0.25, 0.3) is 0 Å². The Hall–Kier alpha value is -3.21. The zero-order valence-corrected chi connectivity index (χ0v) is 13.5. The van der Waals surface area contributed by atoms with E-state index in [0.717, 1.165) is 5.56 Å². The van der Waals surface area contributed by atoms with Crippen LogP contribution in [-0.2, 0) is 17.9 Å². The molecule has 0 aliphatic heterocycles. The Labute approximate surface area is 145 Å². The first-order valence-corrected chi connectivity index (χ1v) is 7.84. The van der Waals surface area contributed by atoms with Gasteiger partial charge in [-0.2, -0.15) is 0 Å². The van der Waals surface area contributed by atoms with Gasteiger partial charge in [-0.15, -0.1) is 0 Å². The van der Waals surface area contributed by atoms with Crippen LogP contribution in [0.3, 0.4) is 0 Å². The van der Waals surface area contributed by atoms with Crippen molar-refractivity contribution in [2.75, 3.05) is 0 Å². The zero-order valence-electron chi connectivity index (χ0n) is 13.5. The van der Waals surface area contributed by atoms with Crippen molar-refractivity contribution in [3.63, 3.8) is 0 Å². The Morgan fingerprint density at radius 1 is 1.16 bits per heavy atom. The monoisotopic (exact) mass is 336 g/mol. The lowest BCUT2D eigenvalue weighted by molar-refractivity contribution is -0.127. The standard InChI is InChI=1S/C20H17FN2O2/c21-18-6-1-4-16(12-18)8-9-20(24)23(15-19-7-3-11-25-19)14-17-5-2-10-22-13-17/h1-13H,14-15H2. The van der Waals surface area contributed by atoms with Crippen molar-refractivity contribution in [2.45, 2.75) is 13.1 Å². The van der Waals surface area contributed by atoms with E-state index in [1.54, 1.807) is 47.8 Å². The lowest BCUT2D eigenvalue weighted by atomic mass is 10.2. The van der Waals surface area contributed by atoms with Crippen LogP contribution in [0, 0.1) is 5.82 Å². The molecular formula is C20H17FN2O2. The fourth-order valence-corrected chi connectivity index (χ4v) is 2.40. The molecule has 3 aromatic rings. The van der Waals surface area contributed by atoms with Crippen LogP contribution in [0.4, 0.5) is 4.39 Å². The minimum absolute atomic E-state index is 0.190. The van der Waals surface area contributed by atoms with Gasteiger partial charge in [0.2, 0.25) is 5.91 Å². The van der Waals surface area contributed by atoms with E-state index < -0.39 is 0 Å². The van der Waals surface area contributed by atoms with E-state index in [-0.39, 0.29) is 11.7 Å². The number of amides is 1. The number of carbonyl (C=O) groups is 1. The van der Waals surface area contributed by atoms with Gasteiger partial charge in [0.1, 0.15) is 11.6 Å². The van der Waals surface area contributed by atoms with Crippen molar-refractivity contribution in [3.05, 3.63) is 96.0 Å². The van der Waals surface area contributed by atoms with Crippen LogP contribution in [0.25, 0.3) is 6.08 Å². The van der Waals surface area contributed by atoms with Crippen LogP contribution < -0.4 is 0 Å². The topological polar surface area (TPSA) is 46.3 Å².